The van der Waals surface area contributed by atoms with Gasteiger partial charge in [0.1, 0.15) is 12.4 Å². The number of amides is 1. The molecule has 0 atom stereocenters. The maximum atomic E-state index is 13.3. The lowest BCUT2D eigenvalue weighted by molar-refractivity contribution is -0.156. The van der Waals surface area contributed by atoms with Gasteiger partial charge in [0.15, 0.2) is 5.72 Å². The lowest BCUT2D eigenvalue weighted by Crippen LogP contribution is -2.55. The maximum absolute atomic E-state index is 13.3. The Morgan fingerprint density at radius 3 is 2.58 bits per heavy atom. The van der Waals surface area contributed by atoms with E-state index in [1.165, 1.54) is 0 Å². The molecule has 0 bridgehead atoms. The van der Waals surface area contributed by atoms with Gasteiger partial charge in [-0.05, 0) is 24.6 Å². The quantitative estimate of drug-likeness (QED) is 0.295. The molecule has 4 aromatic rings. The lowest BCUT2D eigenvalue weighted by Gasteiger charge is -2.40. The molecule has 6 nitrogen and oxygen atoms in total. The standard InChI is InChI=1S/C26H21ClN2O4/c27-22-14-21(25(31)29-26(33-16-30)12-5-13-26)24(20-8-3-2-7-19(20)22)32-15-18-11-10-17-6-1-4-9-23(17)28-18/h1-4,6-11,14,16H,5,12-13,15H2,(H,29,31). The Kier molecular flexibility index (Phi) is 5.60. The average molecular weight is 461 g/mol. The van der Waals surface area contributed by atoms with Gasteiger partial charge in [-0.3, -0.25) is 9.59 Å². The molecule has 1 aliphatic carbocycles. The van der Waals surface area contributed by atoms with Crippen molar-refractivity contribution in [3.63, 3.8) is 0 Å². The van der Waals surface area contributed by atoms with Gasteiger partial charge in [-0.25, -0.2) is 4.98 Å². The zero-order valence-electron chi connectivity index (χ0n) is 17.7. The average Bonchev–Trinajstić information content (AvgIpc) is 2.82. The summed E-state index contributed by atoms with van der Waals surface area (Å²) in [5, 5.41) is 5.83. The van der Waals surface area contributed by atoms with E-state index < -0.39 is 11.6 Å². The molecule has 1 fully saturated rings. The van der Waals surface area contributed by atoms with Crippen molar-refractivity contribution >= 4 is 45.7 Å². The van der Waals surface area contributed by atoms with E-state index in [1.807, 2.05) is 60.7 Å². The molecular weight excluding hydrogens is 440 g/mol. The summed E-state index contributed by atoms with van der Waals surface area (Å²) in [6.45, 7) is 0.544. The Hall–Kier alpha value is -3.64. The van der Waals surface area contributed by atoms with Crippen molar-refractivity contribution in [2.24, 2.45) is 0 Å². The monoisotopic (exact) mass is 460 g/mol. The molecule has 0 unspecified atom stereocenters. The second kappa shape index (κ2) is 8.71. The summed E-state index contributed by atoms with van der Waals surface area (Å²) >= 11 is 6.51. The van der Waals surface area contributed by atoms with Crippen LogP contribution in [0.3, 0.4) is 0 Å². The van der Waals surface area contributed by atoms with E-state index >= 15 is 0 Å². The highest BCUT2D eigenvalue weighted by atomic mass is 35.5. The van der Waals surface area contributed by atoms with Gasteiger partial charge in [-0.2, -0.15) is 0 Å². The zero-order chi connectivity index (χ0) is 22.8. The van der Waals surface area contributed by atoms with Crippen LogP contribution in [0.1, 0.15) is 35.3 Å². The fourth-order valence-corrected chi connectivity index (χ4v) is 4.37. The van der Waals surface area contributed by atoms with Gasteiger partial charge in [0, 0.05) is 34.0 Å². The minimum absolute atomic E-state index is 0.173. The molecule has 1 saturated carbocycles. The number of nitrogens with zero attached hydrogens (tertiary/aromatic N) is 1. The summed E-state index contributed by atoms with van der Waals surface area (Å²) < 4.78 is 11.4. The molecule has 1 N–H and O–H groups in total. The van der Waals surface area contributed by atoms with Gasteiger partial charge < -0.3 is 14.8 Å². The SMILES string of the molecule is O=COC1(NC(=O)c2cc(Cl)c3ccccc3c2OCc2ccc3ccccc3n2)CCC1. The molecule has 1 heterocycles. The van der Waals surface area contributed by atoms with Gasteiger partial charge in [0.2, 0.25) is 0 Å². The first kappa shape index (κ1) is 21.2. The number of rotatable bonds is 7. The highest BCUT2D eigenvalue weighted by Crippen LogP contribution is 2.38. The first-order valence-corrected chi connectivity index (χ1v) is 11.1. The molecule has 7 heteroatoms. The second-order valence-electron chi connectivity index (χ2n) is 8.08. The predicted octanol–water partition coefficient (Wildman–Crippen LogP) is 5.40. The Bertz CT molecular complexity index is 1370. The molecule has 5 rings (SSSR count). The lowest BCUT2D eigenvalue weighted by atomic mass is 9.87. The van der Waals surface area contributed by atoms with Gasteiger partial charge in [-0.1, -0.05) is 60.1 Å². The number of para-hydroxylation sites is 1. The third-order valence-electron chi connectivity index (χ3n) is 5.99. The molecule has 1 aromatic heterocycles. The van der Waals surface area contributed by atoms with Crippen molar-refractivity contribution < 1.29 is 19.1 Å². The van der Waals surface area contributed by atoms with Crippen LogP contribution in [-0.4, -0.2) is 23.1 Å². The van der Waals surface area contributed by atoms with Crippen LogP contribution < -0.4 is 10.1 Å². The molecule has 1 amide bonds. The number of hydrogen-bond donors (Lipinski definition) is 1. The molecule has 0 radical (unpaired) electrons. The van der Waals surface area contributed by atoms with Gasteiger partial charge in [0.05, 0.1) is 16.8 Å². The van der Waals surface area contributed by atoms with E-state index in [0.717, 1.165) is 33.8 Å². The van der Waals surface area contributed by atoms with E-state index in [2.05, 4.69) is 10.3 Å². The van der Waals surface area contributed by atoms with Gasteiger partial charge >= 0.3 is 0 Å². The fraction of sp³-hybridized carbons (Fsp3) is 0.192. The predicted molar refractivity (Wildman–Crippen MR) is 126 cm³/mol. The number of pyridine rings is 1. The summed E-state index contributed by atoms with van der Waals surface area (Å²) in [6.07, 6.45) is 2.00. The van der Waals surface area contributed by atoms with E-state index in [4.69, 9.17) is 21.1 Å². The minimum atomic E-state index is -0.978. The Morgan fingerprint density at radius 1 is 1.06 bits per heavy atom. The molecule has 0 aliphatic heterocycles. The van der Waals surface area contributed by atoms with Crippen molar-refractivity contribution in [2.75, 3.05) is 0 Å². The molecule has 3 aromatic carbocycles. The van der Waals surface area contributed by atoms with E-state index in [-0.39, 0.29) is 12.2 Å². The van der Waals surface area contributed by atoms with Crippen LogP contribution in [-0.2, 0) is 16.1 Å². The highest BCUT2D eigenvalue weighted by Gasteiger charge is 2.41. The summed E-state index contributed by atoms with van der Waals surface area (Å²) in [6, 6.07) is 20.8. The Morgan fingerprint density at radius 2 is 1.82 bits per heavy atom. The summed E-state index contributed by atoms with van der Waals surface area (Å²) in [5.41, 5.74) is 0.906. The van der Waals surface area contributed by atoms with Crippen LogP contribution in [0.4, 0.5) is 0 Å². The molecule has 33 heavy (non-hydrogen) atoms. The molecule has 166 valence electrons. The maximum Gasteiger partial charge on any atom is 0.295 e. The largest absolute Gasteiger partial charge is 0.486 e. The number of hydrogen-bond acceptors (Lipinski definition) is 5. The summed E-state index contributed by atoms with van der Waals surface area (Å²) in [4.78, 5) is 28.9. The van der Waals surface area contributed by atoms with Crippen molar-refractivity contribution in [1.82, 2.24) is 10.3 Å². The van der Waals surface area contributed by atoms with E-state index in [0.29, 0.717) is 30.1 Å². The van der Waals surface area contributed by atoms with Gasteiger partial charge in [0.25, 0.3) is 12.4 Å². The van der Waals surface area contributed by atoms with Crippen LogP contribution in [0.2, 0.25) is 5.02 Å². The number of benzene rings is 3. The number of halogens is 1. The molecule has 0 saturated heterocycles. The normalized spacial score (nSPS) is 14.5. The summed E-state index contributed by atoms with van der Waals surface area (Å²) in [5.74, 6) is -0.00583. The fourth-order valence-electron chi connectivity index (χ4n) is 4.10. The second-order valence-corrected chi connectivity index (χ2v) is 8.49. The van der Waals surface area contributed by atoms with Crippen LogP contribution in [0, 0.1) is 0 Å². The van der Waals surface area contributed by atoms with Crippen molar-refractivity contribution in [2.45, 2.75) is 31.6 Å². The zero-order valence-corrected chi connectivity index (χ0v) is 18.5. The number of carbonyl (C=O) groups excluding carboxylic acids is 2. The van der Waals surface area contributed by atoms with Crippen LogP contribution >= 0.6 is 11.6 Å². The number of nitrogens with one attached hydrogen (secondary N) is 1. The number of carbonyl (C=O) groups is 2. The van der Waals surface area contributed by atoms with Crippen LogP contribution in [0.5, 0.6) is 5.75 Å². The Labute approximate surface area is 195 Å². The number of fused-ring (bicyclic) bond motifs is 2. The van der Waals surface area contributed by atoms with Crippen LogP contribution in [0.25, 0.3) is 21.7 Å². The minimum Gasteiger partial charge on any atom is -0.486 e. The smallest absolute Gasteiger partial charge is 0.295 e. The molecule has 1 aliphatic rings. The number of ether oxygens (including phenoxy) is 2. The van der Waals surface area contributed by atoms with Crippen molar-refractivity contribution in [1.29, 1.82) is 0 Å². The number of aromatic nitrogens is 1. The third-order valence-corrected chi connectivity index (χ3v) is 6.30. The van der Waals surface area contributed by atoms with Crippen LogP contribution in [0.15, 0.2) is 66.7 Å². The molecule has 0 spiro atoms. The van der Waals surface area contributed by atoms with Gasteiger partial charge in [-0.15, -0.1) is 0 Å². The topological polar surface area (TPSA) is 77.5 Å². The van der Waals surface area contributed by atoms with Crippen molar-refractivity contribution in [3.8, 4) is 5.75 Å². The summed E-state index contributed by atoms with van der Waals surface area (Å²) in [7, 11) is 0. The van der Waals surface area contributed by atoms with E-state index in [9.17, 15) is 9.59 Å². The molecular formula is C26H21ClN2O4. The first-order chi connectivity index (χ1) is 16.1. The van der Waals surface area contributed by atoms with E-state index in [1.54, 1.807) is 6.07 Å². The van der Waals surface area contributed by atoms with Crippen molar-refractivity contribution in [3.05, 3.63) is 83.0 Å². The third kappa shape index (κ3) is 4.10. The first-order valence-electron chi connectivity index (χ1n) is 10.7. The highest BCUT2D eigenvalue weighted by molar-refractivity contribution is 6.36. The Balaban J connectivity index is 1.50.